The number of hydrogen-bond acceptors (Lipinski definition) is 3. The maximum atomic E-state index is 11.7. The van der Waals surface area contributed by atoms with E-state index in [0.29, 0.717) is 5.56 Å². The summed E-state index contributed by atoms with van der Waals surface area (Å²) in [6.07, 6.45) is 1.82. The van der Waals surface area contributed by atoms with Crippen LogP contribution in [0.25, 0.3) is 22.2 Å². The van der Waals surface area contributed by atoms with Crippen LogP contribution in [-0.2, 0) is 7.05 Å². The summed E-state index contributed by atoms with van der Waals surface area (Å²) in [5.41, 5.74) is 0.816. The van der Waals surface area contributed by atoms with Gasteiger partial charge in [0.1, 0.15) is 0 Å². The quantitative estimate of drug-likeness (QED) is 0.656. The zero-order valence-electron chi connectivity index (χ0n) is 9.60. The minimum atomic E-state index is -0.607. The number of nitrogens with one attached hydrogen (secondary N) is 2. The van der Waals surface area contributed by atoms with Crippen molar-refractivity contribution in [3.8, 4) is 11.3 Å². The largest absolute Gasteiger partial charge is 0.350 e. The van der Waals surface area contributed by atoms with Gasteiger partial charge in [0.15, 0.2) is 5.69 Å². The van der Waals surface area contributed by atoms with Gasteiger partial charge in [0.2, 0.25) is 0 Å². The minimum Gasteiger partial charge on any atom is -0.350 e. The first kappa shape index (κ1) is 10.5. The van der Waals surface area contributed by atoms with Gasteiger partial charge in [0.05, 0.1) is 0 Å². The number of aryl methyl sites for hydroxylation is 1. The van der Waals surface area contributed by atoms with Crippen LogP contribution in [0.5, 0.6) is 0 Å². The Kier molecular flexibility index (Phi) is 2.16. The molecule has 0 radical (unpaired) electrons. The number of benzene rings is 1. The van der Waals surface area contributed by atoms with E-state index in [-0.39, 0.29) is 5.69 Å². The summed E-state index contributed by atoms with van der Waals surface area (Å²) in [5, 5.41) is 6.98. The topological polar surface area (TPSA) is 83.5 Å². The van der Waals surface area contributed by atoms with Crippen LogP contribution in [0.4, 0.5) is 0 Å². The van der Waals surface area contributed by atoms with Crippen molar-refractivity contribution < 1.29 is 0 Å². The lowest BCUT2D eigenvalue weighted by Gasteiger charge is -1.95. The van der Waals surface area contributed by atoms with Gasteiger partial charge in [-0.05, 0) is 6.07 Å². The molecule has 0 aliphatic heterocycles. The van der Waals surface area contributed by atoms with E-state index < -0.39 is 11.2 Å². The molecule has 6 nitrogen and oxygen atoms in total. The summed E-state index contributed by atoms with van der Waals surface area (Å²) in [7, 11) is 1.89. The molecule has 2 aromatic heterocycles. The predicted molar refractivity (Wildman–Crippen MR) is 67.4 cm³/mol. The number of fused-ring (bicyclic) bond motifs is 1. The Morgan fingerprint density at radius 3 is 2.78 bits per heavy atom. The number of aromatic nitrogens is 4. The van der Waals surface area contributed by atoms with Crippen molar-refractivity contribution in [1.82, 2.24) is 19.7 Å². The van der Waals surface area contributed by atoms with Gasteiger partial charge >= 0.3 is 5.69 Å². The minimum absolute atomic E-state index is 0.214. The van der Waals surface area contributed by atoms with Crippen molar-refractivity contribution in [3.05, 3.63) is 51.3 Å². The summed E-state index contributed by atoms with van der Waals surface area (Å²) < 4.78 is 1.91. The van der Waals surface area contributed by atoms with Gasteiger partial charge in [-0.1, -0.05) is 18.2 Å². The van der Waals surface area contributed by atoms with Gasteiger partial charge in [-0.15, -0.1) is 0 Å². The van der Waals surface area contributed by atoms with Gasteiger partial charge in [-0.3, -0.25) is 9.78 Å². The highest BCUT2D eigenvalue weighted by molar-refractivity contribution is 5.94. The Hall–Kier alpha value is -2.63. The second kappa shape index (κ2) is 3.69. The molecule has 1 aromatic carbocycles. The smallest absolute Gasteiger partial charge is 0.342 e. The number of nitrogens with zero attached hydrogens (tertiary/aromatic N) is 2. The molecule has 0 atom stereocenters. The van der Waals surface area contributed by atoms with Gasteiger partial charge in [-0.25, -0.2) is 9.89 Å². The Labute approximate surface area is 101 Å². The molecule has 0 saturated heterocycles. The fourth-order valence-corrected chi connectivity index (χ4v) is 2.06. The first-order valence-electron chi connectivity index (χ1n) is 5.40. The average molecular weight is 242 g/mol. The van der Waals surface area contributed by atoms with E-state index in [4.69, 9.17) is 0 Å². The maximum Gasteiger partial charge on any atom is 0.342 e. The van der Waals surface area contributed by atoms with Crippen molar-refractivity contribution in [2.45, 2.75) is 0 Å². The number of hydrogen-bond donors (Lipinski definition) is 2. The van der Waals surface area contributed by atoms with E-state index in [2.05, 4.69) is 15.2 Å². The predicted octanol–water partition coefficient (Wildman–Crippen LogP) is 0.617. The highest BCUT2D eigenvalue weighted by Crippen LogP contribution is 2.26. The third-order valence-corrected chi connectivity index (χ3v) is 2.86. The molecule has 0 fully saturated rings. The Bertz CT molecular complexity index is 841. The standard InChI is InChI=1S/C12H10N4O2/c1-16-6-8(7-4-2-3-5-9(7)16)10-11(17)13-12(18)15-14-10/h2-6H,1H3,(H2,13,15,17,18). The Morgan fingerprint density at radius 2 is 2.00 bits per heavy atom. The monoisotopic (exact) mass is 242 g/mol. The van der Waals surface area contributed by atoms with E-state index in [1.165, 1.54) is 0 Å². The van der Waals surface area contributed by atoms with Gasteiger partial charge in [0, 0.05) is 29.7 Å². The zero-order valence-corrected chi connectivity index (χ0v) is 9.60. The third-order valence-electron chi connectivity index (χ3n) is 2.86. The van der Waals surface area contributed by atoms with Crippen LogP contribution in [-0.4, -0.2) is 19.7 Å². The molecule has 0 saturated carbocycles. The molecule has 2 heterocycles. The molecule has 18 heavy (non-hydrogen) atoms. The van der Waals surface area contributed by atoms with E-state index >= 15 is 0 Å². The fourth-order valence-electron chi connectivity index (χ4n) is 2.06. The van der Waals surface area contributed by atoms with Crippen LogP contribution in [0.3, 0.4) is 0 Å². The summed E-state index contributed by atoms with van der Waals surface area (Å²) in [5.74, 6) is 0. The lowest BCUT2D eigenvalue weighted by molar-refractivity contribution is 0.896. The Morgan fingerprint density at radius 1 is 1.22 bits per heavy atom. The number of aromatic amines is 2. The highest BCUT2D eigenvalue weighted by Gasteiger charge is 2.12. The lowest BCUT2D eigenvalue weighted by atomic mass is 10.1. The van der Waals surface area contributed by atoms with Crippen molar-refractivity contribution in [2.75, 3.05) is 0 Å². The van der Waals surface area contributed by atoms with E-state index in [1.807, 2.05) is 42.1 Å². The number of rotatable bonds is 1. The summed E-state index contributed by atoms with van der Waals surface area (Å²) in [6.45, 7) is 0. The van der Waals surface area contributed by atoms with Crippen LogP contribution in [0.15, 0.2) is 40.1 Å². The molecule has 0 unspecified atom stereocenters. The van der Waals surface area contributed by atoms with Gasteiger partial charge in [-0.2, -0.15) is 5.10 Å². The SMILES string of the molecule is Cn1cc(-c2n[nH]c(=O)[nH]c2=O)c2ccccc21. The zero-order chi connectivity index (χ0) is 12.7. The third kappa shape index (κ3) is 1.46. The lowest BCUT2D eigenvalue weighted by Crippen LogP contribution is -2.25. The van der Waals surface area contributed by atoms with Crippen molar-refractivity contribution in [3.63, 3.8) is 0 Å². The van der Waals surface area contributed by atoms with Crippen LogP contribution in [0, 0.1) is 0 Å². The average Bonchev–Trinajstić information content (AvgIpc) is 2.68. The first-order chi connectivity index (χ1) is 8.66. The molecule has 0 aliphatic rings. The van der Waals surface area contributed by atoms with Crippen molar-refractivity contribution in [1.29, 1.82) is 0 Å². The van der Waals surface area contributed by atoms with Crippen molar-refractivity contribution in [2.24, 2.45) is 7.05 Å². The number of H-pyrrole nitrogens is 2. The Balaban J connectivity index is 2.39. The van der Waals surface area contributed by atoms with Crippen LogP contribution < -0.4 is 11.2 Å². The fraction of sp³-hybridized carbons (Fsp3) is 0.0833. The molecule has 0 amide bonds. The van der Waals surface area contributed by atoms with Gasteiger partial charge < -0.3 is 4.57 Å². The van der Waals surface area contributed by atoms with E-state index in [9.17, 15) is 9.59 Å². The van der Waals surface area contributed by atoms with Crippen LogP contribution in [0.1, 0.15) is 0 Å². The number of para-hydroxylation sites is 1. The molecule has 2 N–H and O–H groups in total. The normalized spacial score (nSPS) is 10.9. The maximum absolute atomic E-state index is 11.7. The molecule has 3 rings (SSSR count). The van der Waals surface area contributed by atoms with E-state index in [1.54, 1.807) is 0 Å². The molecule has 3 aromatic rings. The first-order valence-corrected chi connectivity index (χ1v) is 5.40. The molecular weight excluding hydrogens is 232 g/mol. The van der Waals surface area contributed by atoms with Crippen LogP contribution >= 0.6 is 0 Å². The molecular formula is C12H10N4O2. The van der Waals surface area contributed by atoms with Gasteiger partial charge in [0.25, 0.3) is 5.56 Å². The molecule has 0 bridgehead atoms. The molecule has 0 spiro atoms. The van der Waals surface area contributed by atoms with Crippen molar-refractivity contribution >= 4 is 10.9 Å². The summed E-state index contributed by atoms with van der Waals surface area (Å²) in [4.78, 5) is 24.9. The molecule has 90 valence electrons. The molecule has 0 aliphatic carbocycles. The van der Waals surface area contributed by atoms with Crippen LogP contribution in [0.2, 0.25) is 0 Å². The molecule has 6 heteroatoms. The highest BCUT2D eigenvalue weighted by atomic mass is 16.2. The summed E-state index contributed by atoms with van der Waals surface area (Å²) in [6, 6.07) is 7.69. The van der Waals surface area contributed by atoms with E-state index in [0.717, 1.165) is 10.9 Å². The summed E-state index contributed by atoms with van der Waals surface area (Å²) >= 11 is 0. The second-order valence-corrected chi connectivity index (χ2v) is 4.03. The second-order valence-electron chi connectivity index (χ2n) is 4.03.